The maximum absolute atomic E-state index is 12.9. The molecule has 2 aromatic rings. The zero-order valence-corrected chi connectivity index (χ0v) is 11.5. The van der Waals surface area contributed by atoms with Crippen molar-refractivity contribution in [2.45, 2.75) is 6.92 Å². The third-order valence-corrected chi connectivity index (χ3v) is 2.67. The molecule has 0 aliphatic carbocycles. The molecule has 0 bridgehead atoms. The highest BCUT2D eigenvalue weighted by molar-refractivity contribution is 5.63. The largest absolute Gasteiger partial charge is 0.437 e. The Labute approximate surface area is 117 Å². The van der Waals surface area contributed by atoms with E-state index in [9.17, 15) is 4.39 Å². The van der Waals surface area contributed by atoms with Gasteiger partial charge in [0.25, 0.3) is 0 Å². The lowest BCUT2D eigenvalue weighted by molar-refractivity contribution is 0.462. The van der Waals surface area contributed by atoms with Crippen molar-refractivity contribution in [2.75, 3.05) is 13.6 Å². The van der Waals surface area contributed by atoms with E-state index in [1.165, 1.54) is 12.1 Å². The van der Waals surface area contributed by atoms with E-state index in [0.717, 1.165) is 6.54 Å². The lowest BCUT2D eigenvalue weighted by Crippen LogP contribution is -2.14. The molecule has 104 valence electrons. The van der Waals surface area contributed by atoms with Crippen molar-refractivity contribution < 1.29 is 9.13 Å². The van der Waals surface area contributed by atoms with Gasteiger partial charge in [-0.25, -0.2) is 14.4 Å². The van der Waals surface area contributed by atoms with Gasteiger partial charge in [0.1, 0.15) is 17.3 Å². The van der Waals surface area contributed by atoms with E-state index in [1.54, 1.807) is 30.7 Å². The van der Waals surface area contributed by atoms with Gasteiger partial charge in [0.05, 0.1) is 6.34 Å². The molecule has 0 spiro atoms. The number of rotatable bonds is 5. The zero-order valence-electron chi connectivity index (χ0n) is 11.5. The Morgan fingerprint density at radius 1 is 1.30 bits per heavy atom. The lowest BCUT2D eigenvalue weighted by Gasteiger charge is -2.10. The Morgan fingerprint density at radius 3 is 2.75 bits per heavy atom. The van der Waals surface area contributed by atoms with E-state index < -0.39 is 0 Å². The first-order valence-corrected chi connectivity index (χ1v) is 6.32. The smallest absolute Gasteiger partial charge is 0.245 e. The summed E-state index contributed by atoms with van der Waals surface area (Å²) in [5.74, 6) is 0.603. The summed E-state index contributed by atoms with van der Waals surface area (Å²) in [4.78, 5) is 10.4. The van der Waals surface area contributed by atoms with E-state index >= 15 is 0 Å². The molecule has 0 radical (unpaired) electrons. The van der Waals surface area contributed by atoms with Crippen molar-refractivity contribution in [1.29, 1.82) is 0 Å². The second-order valence-corrected chi connectivity index (χ2v) is 4.20. The zero-order chi connectivity index (χ0) is 14.4. The normalized spacial score (nSPS) is 10.8. The molecule has 0 atom stereocenters. The third kappa shape index (κ3) is 3.78. The van der Waals surface area contributed by atoms with Gasteiger partial charge in [0.15, 0.2) is 0 Å². The maximum atomic E-state index is 12.9. The minimum Gasteiger partial charge on any atom is -0.437 e. The molecule has 0 saturated carbocycles. The summed E-state index contributed by atoms with van der Waals surface area (Å²) in [5.41, 5.74) is 0.622. The van der Waals surface area contributed by atoms with Crippen LogP contribution >= 0.6 is 0 Å². The van der Waals surface area contributed by atoms with Gasteiger partial charge < -0.3 is 9.64 Å². The number of pyridine rings is 1. The first-order chi connectivity index (χ1) is 9.69. The Morgan fingerprint density at radius 2 is 2.05 bits per heavy atom. The minimum atomic E-state index is -0.304. The quantitative estimate of drug-likeness (QED) is 0.616. The molecule has 1 aromatic carbocycles. The summed E-state index contributed by atoms with van der Waals surface area (Å²) >= 11 is 0. The van der Waals surface area contributed by atoms with Crippen LogP contribution in [-0.4, -0.2) is 29.8 Å². The van der Waals surface area contributed by atoms with Gasteiger partial charge in [-0.2, -0.15) is 0 Å². The molecule has 20 heavy (non-hydrogen) atoms. The molecule has 1 aromatic heterocycles. The average molecular weight is 273 g/mol. The first-order valence-electron chi connectivity index (χ1n) is 6.32. The Bertz CT molecular complexity index is 584. The van der Waals surface area contributed by atoms with Crippen molar-refractivity contribution in [3.05, 3.63) is 48.4 Å². The van der Waals surface area contributed by atoms with Gasteiger partial charge in [-0.3, -0.25) is 0 Å². The van der Waals surface area contributed by atoms with E-state index in [1.807, 2.05) is 24.9 Å². The van der Waals surface area contributed by atoms with Crippen molar-refractivity contribution >= 4 is 12.0 Å². The summed E-state index contributed by atoms with van der Waals surface area (Å²) in [7, 11) is 1.93. The average Bonchev–Trinajstić information content (AvgIpc) is 2.48. The summed E-state index contributed by atoms with van der Waals surface area (Å²) in [5, 5.41) is 0. The molecule has 0 N–H and O–H groups in total. The van der Waals surface area contributed by atoms with Crippen molar-refractivity contribution in [3.8, 4) is 11.6 Å². The number of ether oxygens (including phenoxy) is 1. The van der Waals surface area contributed by atoms with Crippen LogP contribution in [0.3, 0.4) is 0 Å². The molecule has 0 fully saturated rings. The fourth-order valence-electron chi connectivity index (χ4n) is 1.42. The number of nitrogens with zero attached hydrogens (tertiary/aromatic N) is 3. The lowest BCUT2D eigenvalue weighted by atomic mass is 10.3. The van der Waals surface area contributed by atoms with Crippen molar-refractivity contribution in [3.63, 3.8) is 0 Å². The molecule has 0 amide bonds. The number of hydrogen-bond donors (Lipinski definition) is 0. The fraction of sp³-hybridized carbons (Fsp3) is 0.200. The summed E-state index contributed by atoms with van der Waals surface area (Å²) < 4.78 is 18.5. The van der Waals surface area contributed by atoms with Crippen LogP contribution in [0.25, 0.3) is 0 Å². The Hall–Kier alpha value is -2.43. The Balaban J connectivity index is 2.19. The number of hydrogen-bond acceptors (Lipinski definition) is 3. The topological polar surface area (TPSA) is 37.7 Å². The maximum Gasteiger partial charge on any atom is 0.245 e. The van der Waals surface area contributed by atoms with Crippen LogP contribution in [-0.2, 0) is 0 Å². The van der Waals surface area contributed by atoms with Gasteiger partial charge >= 0.3 is 0 Å². The standard InChI is InChI=1S/C15H16FN3O/c1-3-19(2)11-18-14-5-4-10-17-15(14)20-13-8-6-12(16)7-9-13/h4-11H,3H2,1-2H3. The van der Waals surface area contributed by atoms with Crippen LogP contribution < -0.4 is 4.74 Å². The van der Waals surface area contributed by atoms with Crippen LogP contribution in [0.4, 0.5) is 10.1 Å². The second-order valence-electron chi connectivity index (χ2n) is 4.20. The van der Waals surface area contributed by atoms with Gasteiger partial charge in [0.2, 0.25) is 5.88 Å². The molecule has 1 heterocycles. The SMILES string of the molecule is CCN(C)C=Nc1cccnc1Oc1ccc(F)cc1. The number of benzene rings is 1. The number of halogens is 1. The molecule has 5 heteroatoms. The van der Waals surface area contributed by atoms with Crippen molar-refractivity contribution in [2.24, 2.45) is 4.99 Å². The van der Waals surface area contributed by atoms with Crippen LogP contribution in [0.15, 0.2) is 47.6 Å². The van der Waals surface area contributed by atoms with Crippen LogP contribution in [0.1, 0.15) is 6.92 Å². The number of aromatic nitrogens is 1. The molecule has 4 nitrogen and oxygen atoms in total. The van der Waals surface area contributed by atoms with Gasteiger partial charge in [-0.15, -0.1) is 0 Å². The molecule has 0 aliphatic heterocycles. The van der Waals surface area contributed by atoms with Crippen molar-refractivity contribution in [1.82, 2.24) is 9.88 Å². The molecule has 2 rings (SSSR count). The predicted molar refractivity (Wildman–Crippen MR) is 77.2 cm³/mol. The van der Waals surface area contributed by atoms with E-state index in [4.69, 9.17) is 4.74 Å². The highest BCUT2D eigenvalue weighted by atomic mass is 19.1. The molecule has 0 aliphatic rings. The monoisotopic (exact) mass is 273 g/mol. The fourth-order valence-corrected chi connectivity index (χ4v) is 1.42. The van der Waals surface area contributed by atoms with Gasteiger partial charge in [-0.1, -0.05) is 0 Å². The first kappa shape index (κ1) is 14.0. The van der Waals surface area contributed by atoms with E-state index in [-0.39, 0.29) is 5.82 Å². The summed E-state index contributed by atoms with van der Waals surface area (Å²) in [6.45, 7) is 2.89. The van der Waals surface area contributed by atoms with Crippen LogP contribution in [0.5, 0.6) is 11.6 Å². The van der Waals surface area contributed by atoms with Crippen LogP contribution in [0, 0.1) is 5.82 Å². The summed E-state index contributed by atoms with van der Waals surface area (Å²) in [6, 6.07) is 9.38. The van der Waals surface area contributed by atoms with Gasteiger partial charge in [0, 0.05) is 19.8 Å². The highest BCUT2D eigenvalue weighted by Gasteiger charge is 2.05. The minimum absolute atomic E-state index is 0.304. The third-order valence-electron chi connectivity index (χ3n) is 2.67. The summed E-state index contributed by atoms with van der Waals surface area (Å²) in [6.07, 6.45) is 3.34. The molecular weight excluding hydrogens is 257 g/mol. The van der Waals surface area contributed by atoms with E-state index in [0.29, 0.717) is 17.3 Å². The molecule has 0 unspecified atom stereocenters. The predicted octanol–water partition coefficient (Wildman–Crippen LogP) is 3.62. The molecule has 0 saturated heterocycles. The highest BCUT2D eigenvalue weighted by Crippen LogP contribution is 2.28. The molecular formula is C15H16FN3O. The number of aliphatic imine (C=N–C) groups is 1. The van der Waals surface area contributed by atoms with Crippen LogP contribution in [0.2, 0.25) is 0 Å². The van der Waals surface area contributed by atoms with E-state index in [2.05, 4.69) is 9.98 Å². The Kier molecular flexibility index (Phi) is 4.65. The van der Waals surface area contributed by atoms with Gasteiger partial charge in [-0.05, 0) is 43.3 Å². The second kappa shape index (κ2) is 6.65.